The van der Waals surface area contributed by atoms with Crippen LogP contribution in [0.15, 0.2) is 136 Å². The van der Waals surface area contributed by atoms with Crippen molar-refractivity contribution in [1.29, 1.82) is 0 Å². The highest BCUT2D eigenvalue weighted by atomic mass is 16.6. The Morgan fingerprint density at radius 3 is 0.719 bits per heavy atom. The first kappa shape index (κ1) is 114. The van der Waals surface area contributed by atoms with Crippen LogP contribution in [0.25, 0.3) is 33.4 Å². The fourth-order valence-electron chi connectivity index (χ4n) is 9.51. The standard InChI is InChI=1S/C22H38O8.3C22H34O6.C4H6O3/c1-21(23,17-29-14-12-27-10-8-25-3)19-6-5-7-20(16-19)22(2,24)18-30-15-13-28-11-9-26-4;3*1-19(17-27-14-12-25-10-8-23-3)21-6-5-7-22(16-21)20(2)18-28-15-13-26-11-9-24-4;1-3(5)7-4(2)6/h5-7,16,23-24H,8-15,17-18H2,1-4H3;5-7,16-18H,8-15H2,1-4H3;5-7,16,18H,1,8-15,17H2,2-4H3;5-7,16H,1-2,8-15,17-18H2,3-4H3;1-2H3. The number of hydrogen-bond acceptors (Lipinski definition) is 29. The second-order valence-electron chi connectivity index (χ2n) is 26.9. The summed E-state index contributed by atoms with van der Waals surface area (Å²) in [4.78, 5) is 19.6. The Kier molecular flexibility index (Phi) is 74.3. The van der Waals surface area contributed by atoms with E-state index in [1.54, 1.807) is 102 Å². The zero-order chi connectivity index (χ0) is 89.5. The van der Waals surface area contributed by atoms with Gasteiger partial charge in [0, 0.05) is 70.7 Å². The van der Waals surface area contributed by atoms with E-state index in [2.05, 4.69) is 54.8 Å². The monoisotopic (exact) mass is 1710 g/mol. The minimum Gasteiger partial charge on any atom is -0.498 e. The highest BCUT2D eigenvalue weighted by molar-refractivity contribution is 5.82. The lowest BCUT2D eigenvalue weighted by atomic mass is 9.90. The molecule has 0 spiro atoms. The summed E-state index contributed by atoms with van der Waals surface area (Å²) in [6.45, 7) is 42.8. The maximum absolute atomic E-state index is 10.8. The van der Waals surface area contributed by atoms with Crippen molar-refractivity contribution in [2.24, 2.45) is 0 Å². The molecule has 0 heterocycles. The van der Waals surface area contributed by atoms with Gasteiger partial charge >= 0.3 is 11.9 Å². The highest BCUT2D eigenvalue weighted by Crippen LogP contribution is 2.29. The fraction of sp³-hybridized carbons (Fsp3) is 0.587. The van der Waals surface area contributed by atoms with Crippen LogP contribution in [0.5, 0.6) is 0 Å². The molecule has 4 aromatic carbocycles. The van der Waals surface area contributed by atoms with Gasteiger partial charge in [-0.25, -0.2) is 0 Å². The lowest BCUT2D eigenvalue weighted by Crippen LogP contribution is -2.31. The summed E-state index contributed by atoms with van der Waals surface area (Å²) in [6, 6.07) is 31.7. The summed E-state index contributed by atoms with van der Waals surface area (Å²) in [6.07, 6.45) is 5.30. The molecule has 4 aromatic rings. The van der Waals surface area contributed by atoms with Crippen molar-refractivity contribution in [1.82, 2.24) is 0 Å². The SMILES string of the molecule is C=C(COCCOCCOC)c1cccc(C(=C)COCCOCCOC)c1.C=C(COCCOCCOC)c1cccc(C(C)=COCCOCCOC)c1.CC(=O)OC(C)=O.COCCOCCOC=C(C)c1cccc(C(C)=COCCOCCOC)c1.COCCOCCOCC(C)(O)c1cccc(C(C)(O)COCCOCCOC)c1. The molecule has 29 heteroatoms. The second-order valence-corrected chi connectivity index (χ2v) is 26.9. The predicted octanol–water partition coefficient (Wildman–Crippen LogP) is 11.8. The summed E-state index contributed by atoms with van der Waals surface area (Å²) < 4.78 is 131. The van der Waals surface area contributed by atoms with Crippen LogP contribution in [0.4, 0.5) is 0 Å². The van der Waals surface area contributed by atoms with Crippen molar-refractivity contribution in [2.45, 2.75) is 59.7 Å². The van der Waals surface area contributed by atoms with E-state index in [4.69, 9.17) is 114 Å². The number of ether oxygens (including phenoxy) is 25. The minimum absolute atomic E-state index is 0.113. The van der Waals surface area contributed by atoms with Gasteiger partial charge in [-0.1, -0.05) is 92.5 Å². The van der Waals surface area contributed by atoms with Crippen LogP contribution >= 0.6 is 0 Å². The Labute approximate surface area is 721 Å². The molecule has 4 rings (SSSR count). The van der Waals surface area contributed by atoms with Crippen molar-refractivity contribution in [3.05, 3.63) is 180 Å². The van der Waals surface area contributed by atoms with Gasteiger partial charge in [0.1, 0.15) is 31.0 Å². The minimum atomic E-state index is -1.20. The summed E-state index contributed by atoms with van der Waals surface area (Å²) in [5.41, 5.74) is 11.2. The molecule has 2 unspecified atom stereocenters. The van der Waals surface area contributed by atoms with E-state index in [1.807, 2.05) is 75.4 Å². The molecule has 0 saturated carbocycles. The van der Waals surface area contributed by atoms with E-state index in [-0.39, 0.29) is 13.2 Å². The number of esters is 2. The molecule has 0 aromatic heterocycles. The molecule has 0 amide bonds. The van der Waals surface area contributed by atoms with Crippen molar-refractivity contribution < 1.29 is 138 Å². The first-order valence-electron chi connectivity index (χ1n) is 40.4. The number of methoxy groups -OCH3 is 8. The van der Waals surface area contributed by atoms with Crippen molar-refractivity contribution >= 4 is 45.4 Å². The lowest BCUT2D eigenvalue weighted by Gasteiger charge is -2.28. The van der Waals surface area contributed by atoms with Crippen LogP contribution in [0.1, 0.15) is 93.0 Å². The molecule has 29 nitrogen and oxygen atoms in total. The number of rotatable bonds is 69. The maximum Gasteiger partial charge on any atom is 0.310 e. The third-order valence-corrected chi connectivity index (χ3v) is 16.3. The molecule has 2 atom stereocenters. The van der Waals surface area contributed by atoms with Gasteiger partial charge < -0.3 is 129 Å². The van der Waals surface area contributed by atoms with Crippen molar-refractivity contribution in [3.63, 3.8) is 0 Å². The van der Waals surface area contributed by atoms with Crippen LogP contribution in [0, 0.1) is 0 Å². The van der Waals surface area contributed by atoms with Gasteiger partial charge in [-0.2, -0.15) is 0 Å². The van der Waals surface area contributed by atoms with Gasteiger partial charge in [0.15, 0.2) is 0 Å². The fourth-order valence-corrected chi connectivity index (χ4v) is 9.51. The average molecular weight is 1720 g/mol. The van der Waals surface area contributed by atoms with Gasteiger partial charge in [0.05, 0.1) is 243 Å². The molecule has 0 fully saturated rings. The van der Waals surface area contributed by atoms with Crippen LogP contribution in [0.2, 0.25) is 0 Å². The second kappa shape index (κ2) is 78.9. The topological polar surface area (TPSA) is 305 Å². The number of hydrogen-bond donors (Lipinski definition) is 2. The molecule has 0 saturated heterocycles. The smallest absolute Gasteiger partial charge is 0.310 e. The molecular weight excluding hydrogens is 1570 g/mol. The quantitative estimate of drug-likeness (QED) is 0.0180. The van der Waals surface area contributed by atoms with Gasteiger partial charge in [-0.15, -0.1) is 0 Å². The largest absolute Gasteiger partial charge is 0.498 e. The van der Waals surface area contributed by atoms with Crippen LogP contribution in [-0.4, -0.2) is 323 Å². The summed E-state index contributed by atoms with van der Waals surface area (Å²) in [5.74, 6) is -1.12. The number of benzene rings is 4. The molecule has 688 valence electrons. The molecule has 0 aliphatic rings. The molecule has 0 bridgehead atoms. The number of allylic oxidation sites excluding steroid dienone is 3. The number of aliphatic hydroxyl groups is 2. The third kappa shape index (κ3) is 64.4. The summed E-state index contributed by atoms with van der Waals surface area (Å²) in [7, 11) is 13.2. The van der Waals surface area contributed by atoms with Crippen LogP contribution < -0.4 is 0 Å². The zero-order valence-electron chi connectivity index (χ0n) is 75.2. The number of carbonyl (C=O) groups is 2. The Bertz CT molecular complexity index is 3170. The van der Waals surface area contributed by atoms with Crippen molar-refractivity contribution in [2.75, 3.05) is 301 Å². The predicted molar refractivity (Wildman–Crippen MR) is 469 cm³/mol. The van der Waals surface area contributed by atoms with Gasteiger partial charge in [0.2, 0.25) is 0 Å². The Morgan fingerprint density at radius 1 is 0.281 bits per heavy atom. The molecule has 121 heavy (non-hydrogen) atoms. The summed E-state index contributed by atoms with van der Waals surface area (Å²) in [5, 5.41) is 21.6. The van der Waals surface area contributed by atoms with Gasteiger partial charge in [-0.3, -0.25) is 9.59 Å². The van der Waals surface area contributed by atoms with Gasteiger partial charge in [0.25, 0.3) is 0 Å². The molecular formula is C92H146O29. The normalized spacial score (nSPS) is 12.4. The Hall–Kier alpha value is -7.06. The first-order valence-corrected chi connectivity index (χ1v) is 40.4. The van der Waals surface area contributed by atoms with Gasteiger partial charge in [-0.05, 0) is 137 Å². The Morgan fingerprint density at radius 2 is 0.479 bits per heavy atom. The van der Waals surface area contributed by atoms with Crippen molar-refractivity contribution in [3.8, 4) is 0 Å². The van der Waals surface area contributed by atoms with E-state index in [9.17, 15) is 19.8 Å². The Balaban J connectivity index is 0.00000154. The van der Waals surface area contributed by atoms with E-state index in [0.717, 1.165) is 66.8 Å². The van der Waals surface area contributed by atoms with Crippen LogP contribution in [-0.2, 0) is 139 Å². The van der Waals surface area contributed by atoms with E-state index in [0.29, 0.717) is 242 Å². The maximum atomic E-state index is 10.8. The van der Waals surface area contributed by atoms with Crippen LogP contribution in [0.3, 0.4) is 0 Å². The average Bonchev–Trinajstić information content (AvgIpc) is 0.805. The highest BCUT2D eigenvalue weighted by Gasteiger charge is 2.29. The number of carbonyl (C=O) groups excluding carboxylic acids is 2. The molecule has 0 aliphatic heterocycles. The third-order valence-electron chi connectivity index (χ3n) is 16.3. The van der Waals surface area contributed by atoms with E-state index >= 15 is 0 Å². The first-order chi connectivity index (χ1) is 58.5. The lowest BCUT2D eigenvalue weighted by molar-refractivity contribution is -0.156. The zero-order valence-corrected chi connectivity index (χ0v) is 75.2. The summed E-state index contributed by atoms with van der Waals surface area (Å²) >= 11 is 0. The van der Waals surface area contributed by atoms with E-state index in [1.165, 1.54) is 13.8 Å². The molecule has 0 radical (unpaired) electrons. The molecule has 2 N–H and O–H groups in total. The van der Waals surface area contributed by atoms with E-state index < -0.39 is 23.1 Å². The molecule has 0 aliphatic carbocycles.